The SMILES string of the molecule is CC1(C2C(=O)C(=O)c3ccccc3C2=O)CCCCC1. The number of carbonyl (C=O) groups excluding carboxylic acids is 3. The predicted molar refractivity (Wildman–Crippen MR) is 74.8 cm³/mol. The lowest BCUT2D eigenvalue weighted by atomic mass is 9.61. The van der Waals surface area contributed by atoms with E-state index in [0.717, 1.165) is 32.1 Å². The Morgan fingerprint density at radius 1 is 0.900 bits per heavy atom. The lowest BCUT2D eigenvalue weighted by molar-refractivity contribution is -0.121. The van der Waals surface area contributed by atoms with Crippen LogP contribution in [0.5, 0.6) is 0 Å². The molecule has 3 rings (SSSR count). The summed E-state index contributed by atoms with van der Waals surface area (Å²) in [6, 6.07) is 6.69. The number of hydrogen-bond donors (Lipinski definition) is 0. The molecule has 0 aliphatic heterocycles. The third kappa shape index (κ3) is 1.84. The molecule has 1 aromatic carbocycles. The summed E-state index contributed by atoms with van der Waals surface area (Å²) in [4.78, 5) is 37.4. The van der Waals surface area contributed by atoms with Gasteiger partial charge in [0.2, 0.25) is 11.6 Å². The van der Waals surface area contributed by atoms with E-state index in [9.17, 15) is 14.4 Å². The van der Waals surface area contributed by atoms with Crippen LogP contribution in [0.15, 0.2) is 24.3 Å². The monoisotopic (exact) mass is 270 g/mol. The second-order valence-electron chi connectivity index (χ2n) is 6.25. The van der Waals surface area contributed by atoms with Crippen LogP contribution in [-0.2, 0) is 4.79 Å². The molecule has 0 saturated heterocycles. The van der Waals surface area contributed by atoms with Gasteiger partial charge in [0.15, 0.2) is 5.78 Å². The van der Waals surface area contributed by atoms with Crippen molar-refractivity contribution in [2.24, 2.45) is 11.3 Å². The average Bonchev–Trinajstić information content (AvgIpc) is 2.46. The van der Waals surface area contributed by atoms with Gasteiger partial charge in [-0.15, -0.1) is 0 Å². The van der Waals surface area contributed by atoms with Crippen molar-refractivity contribution in [3.63, 3.8) is 0 Å². The molecule has 2 aliphatic carbocycles. The number of rotatable bonds is 1. The maximum absolute atomic E-state index is 12.7. The fraction of sp³-hybridized carbons (Fsp3) is 0.471. The average molecular weight is 270 g/mol. The molecule has 1 fully saturated rings. The highest BCUT2D eigenvalue weighted by Gasteiger charge is 2.50. The highest BCUT2D eigenvalue weighted by Crippen LogP contribution is 2.45. The third-order valence-corrected chi connectivity index (χ3v) is 4.88. The van der Waals surface area contributed by atoms with Crippen LogP contribution >= 0.6 is 0 Å². The molecule has 1 saturated carbocycles. The Hall–Kier alpha value is -1.77. The second kappa shape index (κ2) is 4.65. The van der Waals surface area contributed by atoms with Crippen LogP contribution in [0.3, 0.4) is 0 Å². The van der Waals surface area contributed by atoms with Crippen molar-refractivity contribution in [2.45, 2.75) is 39.0 Å². The lowest BCUT2D eigenvalue weighted by Crippen LogP contribution is -2.47. The largest absolute Gasteiger partial charge is 0.293 e. The van der Waals surface area contributed by atoms with Crippen molar-refractivity contribution < 1.29 is 14.4 Å². The first-order valence-electron chi connectivity index (χ1n) is 7.26. The number of ketones is 3. The molecule has 0 heterocycles. The smallest absolute Gasteiger partial charge is 0.230 e. The van der Waals surface area contributed by atoms with Crippen LogP contribution in [0.1, 0.15) is 59.7 Å². The molecule has 0 amide bonds. The van der Waals surface area contributed by atoms with Crippen molar-refractivity contribution in [1.29, 1.82) is 0 Å². The van der Waals surface area contributed by atoms with Gasteiger partial charge in [0.25, 0.3) is 0 Å². The van der Waals surface area contributed by atoms with Gasteiger partial charge < -0.3 is 0 Å². The molecule has 104 valence electrons. The Kier molecular flexibility index (Phi) is 3.08. The van der Waals surface area contributed by atoms with Crippen molar-refractivity contribution in [3.8, 4) is 0 Å². The van der Waals surface area contributed by atoms with Crippen LogP contribution in [0.25, 0.3) is 0 Å². The fourth-order valence-electron chi connectivity index (χ4n) is 3.72. The summed E-state index contributed by atoms with van der Waals surface area (Å²) in [7, 11) is 0. The van der Waals surface area contributed by atoms with E-state index in [1.807, 2.05) is 6.92 Å². The Bertz CT molecular complexity index is 594. The minimum absolute atomic E-state index is 0.158. The van der Waals surface area contributed by atoms with Crippen LogP contribution in [0.4, 0.5) is 0 Å². The van der Waals surface area contributed by atoms with Gasteiger partial charge in [-0.1, -0.05) is 50.5 Å². The normalized spacial score (nSPS) is 25.4. The van der Waals surface area contributed by atoms with Gasteiger partial charge in [0.1, 0.15) is 0 Å². The quantitative estimate of drug-likeness (QED) is 0.581. The molecule has 0 spiro atoms. The molecule has 0 bridgehead atoms. The zero-order valence-electron chi connectivity index (χ0n) is 11.6. The molecule has 2 aliphatic rings. The number of fused-ring (bicyclic) bond motifs is 1. The molecule has 1 aromatic rings. The van der Waals surface area contributed by atoms with E-state index in [1.54, 1.807) is 24.3 Å². The van der Waals surface area contributed by atoms with E-state index in [-0.39, 0.29) is 16.8 Å². The molecule has 0 aromatic heterocycles. The zero-order valence-corrected chi connectivity index (χ0v) is 11.6. The van der Waals surface area contributed by atoms with Gasteiger partial charge in [-0.25, -0.2) is 0 Å². The molecule has 3 heteroatoms. The number of carbonyl (C=O) groups is 3. The maximum atomic E-state index is 12.7. The van der Waals surface area contributed by atoms with Crippen molar-refractivity contribution >= 4 is 17.3 Å². The van der Waals surface area contributed by atoms with E-state index in [2.05, 4.69) is 0 Å². The Morgan fingerprint density at radius 2 is 1.50 bits per heavy atom. The summed E-state index contributed by atoms with van der Waals surface area (Å²) < 4.78 is 0. The third-order valence-electron chi connectivity index (χ3n) is 4.88. The summed E-state index contributed by atoms with van der Waals surface area (Å²) in [5.74, 6) is -1.92. The highest BCUT2D eigenvalue weighted by molar-refractivity contribution is 6.52. The molecule has 3 nitrogen and oxygen atoms in total. The standard InChI is InChI=1S/C17H18O3/c1-17(9-5-2-6-10-17)13-14(18)11-7-3-4-8-12(11)15(19)16(13)20/h3-4,7-8,13H,2,5-6,9-10H2,1H3. The topological polar surface area (TPSA) is 51.2 Å². The molecular formula is C17H18O3. The first-order valence-corrected chi connectivity index (χ1v) is 7.26. The van der Waals surface area contributed by atoms with Crippen LogP contribution in [0.2, 0.25) is 0 Å². The second-order valence-corrected chi connectivity index (χ2v) is 6.25. The fourth-order valence-corrected chi connectivity index (χ4v) is 3.72. The maximum Gasteiger partial charge on any atom is 0.230 e. The molecular weight excluding hydrogens is 252 g/mol. The van der Waals surface area contributed by atoms with Crippen molar-refractivity contribution in [1.82, 2.24) is 0 Å². The number of hydrogen-bond acceptors (Lipinski definition) is 3. The summed E-state index contributed by atoms with van der Waals surface area (Å²) in [5, 5.41) is 0. The zero-order chi connectivity index (χ0) is 14.3. The van der Waals surface area contributed by atoms with E-state index in [0.29, 0.717) is 5.56 Å². The van der Waals surface area contributed by atoms with Crippen molar-refractivity contribution in [3.05, 3.63) is 35.4 Å². The van der Waals surface area contributed by atoms with Crippen LogP contribution in [0, 0.1) is 11.3 Å². The van der Waals surface area contributed by atoms with Gasteiger partial charge in [0, 0.05) is 11.1 Å². The summed E-state index contributed by atoms with van der Waals surface area (Å²) in [5.41, 5.74) is 0.349. The van der Waals surface area contributed by atoms with Gasteiger partial charge >= 0.3 is 0 Å². The first kappa shape index (κ1) is 13.2. The summed E-state index contributed by atoms with van der Waals surface area (Å²) >= 11 is 0. The minimum atomic E-state index is -0.773. The number of Topliss-reactive ketones (excluding diaryl/α,β-unsaturated/α-hetero) is 3. The molecule has 0 N–H and O–H groups in total. The van der Waals surface area contributed by atoms with Crippen LogP contribution < -0.4 is 0 Å². The first-order chi connectivity index (χ1) is 9.54. The summed E-state index contributed by atoms with van der Waals surface area (Å²) in [6.45, 7) is 1.99. The Balaban J connectivity index is 2.07. The summed E-state index contributed by atoms with van der Waals surface area (Å²) in [6.07, 6.45) is 4.91. The van der Waals surface area contributed by atoms with E-state index in [1.165, 1.54) is 0 Å². The molecule has 1 unspecified atom stereocenters. The van der Waals surface area contributed by atoms with Crippen LogP contribution in [-0.4, -0.2) is 17.3 Å². The van der Waals surface area contributed by atoms with E-state index in [4.69, 9.17) is 0 Å². The van der Waals surface area contributed by atoms with Gasteiger partial charge in [-0.05, 0) is 18.3 Å². The predicted octanol–water partition coefficient (Wildman–Crippen LogP) is 3.22. The van der Waals surface area contributed by atoms with E-state index >= 15 is 0 Å². The van der Waals surface area contributed by atoms with Crippen molar-refractivity contribution in [2.75, 3.05) is 0 Å². The highest BCUT2D eigenvalue weighted by atomic mass is 16.2. The Labute approximate surface area is 118 Å². The molecule has 0 radical (unpaired) electrons. The van der Waals surface area contributed by atoms with Gasteiger partial charge in [-0.2, -0.15) is 0 Å². The lowest BCUT2D eigenvalue weighted by Gasteiger charge is -2.40. The molecule has 1 atom stereocenters. The van der Waals surface area contributed by atoms with E-state index < -0.39 is 17.5 Å². The Morgan fingerprint density at radius 3 is 2.15 bits per heavy atom. The minimum Gasteiger partial charge on any atom is -0.293 e. The molecule has 20 heavy (non-hydrogen) atoms. The van der Waals surface area contributed by atoms with Gasteiger partial charge in [0.05, 0.1) is 5.92 Å². The number of benzene rings is 1. The van der Waals surface area contributed by atoms with Gasteiger partial charge in [-0.3, -0.25) is 14.4 Å².